The minimum absolute atomic E-state index is 0.257. The SMILES string of the molecule is N#Cc1ccc(-c2ccc(CCCCC=O)cc2F)cc1. The van der Waals surface area contributed by atoms with Gasteiger partial charge in [-0.25, -0.2) is 4.39 Å². The maximum atomic E-state index is 14.2. The predicted molar refractivity (Wildman–Crippen MR) is 80.2 cm³/mol. The van der Waals surface area contributed by atoms with E-state index in [0.29, 0.717) is 17.5 Å². The number of rotatable bonds is 6. The number of carbonyl (C=O) groups excluding carboxylic acids is 1. The van der Waals surface area contributed by atoms with E-state index in [-0.39, 0.29) is 5.82 Å². The summed E-state index contributed by atoms with van der Waals surface area (Å²) in [7, 11) is 0. The van der Waals surface area contributed by atoms with Gasteiger partial charge in [0.25, 0.3) is 0 Å². The molecule has 2 rings (SSSR count). The van der Waals surface area contributed by atoms with Crippen molar-refractivity contribution in [3.63, 3.8) is 0 Å². The second-order valence-corrected chi connectivity index (χ2v) is 4.92. The molecule has 2 nitrogen and oxygen atoms in total. The maximum absolute atomic E-state index is 14.2. The third kappa shape index (κ3) is 4.00. The van der Waals surface area contributed by atoms with E-state index >= 15 is 0 Å². The molecule has 0 unspecified atom stereocenters. The highest BCUT2D eigenvalue weighted by atomic mass is 19.1. The molecular weight excluding hydrogens is 265 g/mol. The van der Waals surface area contributed by atoms with E-state index in [2.05, 4.69) is 0 Å². The van der Waals surface area contributed by atoms with Gasteiger partial charge in [0.05, 0.1) is 11.6 Å². The highest BCUT2D eigenvalue weighted by Gasteiger charge is 2.06. The van der Waals surface area contributed by atoms with Crippen molar-refractivity contribution in [1.82, 2.24) is 0 Å². The number of hydrogen-bond donors (Lipinski definition) is 0. The van der Waals surface area contributed by atoms with Crippen molar-refractivity contribution in [2.45, 2.75) is 25.7 Å². The van der Waals surface area contributed by atoms with Crippen molar-refractivity contribution in [3.05, 3.63) is 59.4 Å². The van der Waals surface area contributed by atoms with Gasteiger partial charge in [-0.3, -0.25) is 0 Å². The lowest BCUT2D eigenvalue weighted by atomic mass is 10.00. The number of carbonyl (C=O) groups is 1. The number of nitrogens with zero attached hydrogens (tertiary/aromatic N) is 1. The lowest BCUT2D eigenvalue weighted by Gasteiger charge is -2.06. The van der Waals surface area contributed by atoms with Crippen LogP contribution in [0.1, 0.15) is 30.4 Å². The van der Waals surface area contributed by atoms with E-state index in [1.54, 1.807) is 36.4 Å². The Balaban J connectivity index is 2.11. The average Bonchev–Trinajstić information content (AvgIpc) is 2.52. The summed E-state index contributed by atoms with van der Waals surface area (Å²) in [5, 5.41) is 8.76. The Bertz CT molecular complexity index is 656. The van der Waals surface area contributed by atoms with Crippen LogP contribution in [0.25, 0.3) is 11.1 Å². The van der Waals surface area contributed by atoms with E-state index in [9.17, 15) is 9.18 Å². The van der Waals surface area contributed by atoms with Gasteiger partial charge in [0.15, 0.2) is 0 Å². The largest absolute Gasteiger partial charge is 0.303 e. The molecule has 0 N–H and O–H groups in total. The second-order valence-electron chi connectivity index (χ2n) is 4.92. The molecule has 0 saturated carbocycles. The topological polar surface area (TPSA) is 40.9 Å². The highest BCUT2D eigenvalue weighted by Crippen LogP contribution is 2.24. The van der Waals surface area contributed by atoms with E-state index in [1.807, 2.05) is 12.1 Å². The molecule has 21 heavy (non-hydrogen) atoms. The molecule has 0 aliphatic rings. The Hall–Kier alpha value is -2.47. The normalized spacial score (nSPS) is 10.1. The summed E-state index contributed by atoms with van der Waals surface area (Å²) in [5.74, 6) is -0.257. The molecular formula is C18H16FNO. The second kappa shape index (κ2) is 7.35. The van der Waals surface area contributed by atoms with Crippen molar-refractivity contribution in [1.29, 1.82) is 5.26 Å². The number of nitriles is 1. The van der Waals surface area contributed by atoms with Crippen molar-refractivity contribution in [3.8, 4) is 17.2 Å². The first-order valence-electron chi connectivity index (χ1n) is 6.97. The number of halogens is 1. The summed E-state index contributed by atoms with van der Waals surface area (Å²) in [5.41, 5.74) is 2.80. The number of aldehydes is 1. The number of hydrogen-bond acceptors (Lipinski definition) is 2. The van der Waals surface area contributed by atoms with Crippen LogP contribution in [0.5, 0.6) is 0 Å². The molecule has 0 saturated heterocycles. The van der Waals surface area contributed by atoms with Crippen LogP contribution >= 0.6 is 0 Å². The van der Waals surface area contributed by atoms with E-state index in [0.717, 1.165) is 36.7 Å². The van der Waals surface area contributed by atoms with Crippen LogP contribution in [-0.2, 0) is 11.2 Å². The molecule has 3 heteroatoms. The molecule has 106 valence electrons. The Labute approximate surface area is 123 Å². The molecule has 2 aromatic rings. The van der Waals surface area contributed by atoms with Gasteiger partial charge in [-0.15, -0.1) is 0 Å². The van der Waals surface area contributed by atoms with Crippen LogP contribution in [0, 0.1) is 17.1 Å². The summed E-state index contributed by atoms with van der Waals surface area (Å²) in [6.07, 6.45) is 3.97. The van der Waals surface area contributed by atoms with Crippen molar-refractivity contribution in [2.75, 3.05) is 0 Å². The Morgan fingerprint density at radius 2 is 1.86 bits per heavy atom. The summed E-state index contributed by atoms with van der Waals surface area (Å²) >= 11 is 0. The summed E-state index contributed by atoms with van der Waals surface area (Å²) in [6.45, 7) is 0. The quantitative estimate of drug-likeness (QED) is 0.586. The third-order valence-corrected chi connectivity index (χ3v) is 3.40. The fraction of sp³-hybridized carbons (Fsp3) is 0.222. The lowest BCUT2D eigenvalue weighted by molar-refractivity contribution is -0.107. The van der Waals surface area contributed by atoms with Crippen LogP contribution in [0.2, 0.25) is 0 Å². The molecule has 0 aromatic heterocycles. The molecule has 0 spiro atoms. The van der Waals surface area contributed by atoms with Crippen molar-refractivity contribution < 1.29 is 9.18 Å². The zero-order valence-corrected chi connectivity index (χ0v) is 11.7. The van der Waals surface area contributed by atoms with Crippen LogP contribution in [-0.4, -0.2) is 6.29 Å². The molecule has 0 aliphatic heterocycles. The number of benzene rings is 2. The fourth-order valence-electron chi connectivity index (χ4n) is 2.23. The number of unbranched alkanes of at least 4 members (excludes halogenated alkanes) is 2. The average molecular weight is 281 g/mol. The third-order valence-electron chi connectivity index (χ3n) is 3.40. The summed E-state index contributed by atoms with van der Waals surface area (Å²) in [4.78, 5) is 10.2. The van der Waals surface area contributed by atoms with Crippen LogP contribution < -0.4 is 0 Å². The van der Waals surface area contributed by atoms with Gasteiger partial charge < -0.3 is 4.79 Å². The van der Waals surface area contributed by atoms with Crippen molar-refractivity contribution >= 4 is 6.29 Å². The molecule has 0 heterocycles. The van der Waals surface area contributed by atoms with E-state index in [1.165, 1.54) is 0 Å². The van der Waals surface area contributed by atoms with E-state index in [4.69, 9.17) is 5.26 Å². The van der Waals surface area contributed by atoms with Gasteiger partial charge in [-0.05, 0) is 48.6 Å². The Morgan fingerprint density at radius 1 is 1.10 bits per heavy atom. The maximum Gasteiger partial charge on any atom is 0.131 e. The Kier molecular flexibility index (Phi) is 5.22. The predicted octanol–water partition coefficient (Wildman–Crippen LogP) is 4.28. The fourth-order valence-corrected chi connectivity index (χ4v) is 2.23. The molecule has 0 bridgehead atoms. The van der Waals surface area contributed by atoms with Crippen LogP contribution in [0.15, 0.2) is 42.5 Å². The molecule has 0 amide bonds. The Morgan fingerprint density at radius 3 is 2.48 bits per heavy atom. The smallest absolute Gasteiger partial charge is 0.131 e. The molecule has 0 fully saturated rings. The minimum Gasteiger partial charge on any atom is -0.303 e. The lowest BCUT2D eigenvalue weighted by Crippen LogP contribution is -1.91. The summed E-state index contributed by atoms with van der Waals surface area (Å²) < 4.78 is 14.2. The molecule has 0 atom stereocenters. The first-order valence-corrected chi connectivity index (χ1v) is 6.97. The first kappa shape index (κ1) is 14.9. The highest BCUT2D eigenvalue weighted by molar-refractivity contribution is 5.65. The van der Waals surface area contributed by atoms with Gasteiger partial charge in [0.2, 0.25) is 0 Å². The van der Waals surface area contributed by atoms with Gasteiger partial charge in [0, 0.05) is 12.0 Å². The number of aryl methyl sites for hydroxylation is 1. The standard InChI is InChI=1S/C18H16FNO/c19-18-12-14(4-2-1-3-11-21)7-10-17(18)16-8-5-15(13-20)6-9-16/h5-12H,1-4H2. The van der Waals surface area contributed by atoms with Crippen LogP contribution in [0.4, 0.5) is 4.39 Å². The van der Waals surface area contributed by atoms with Crippen molar-refractivity contribution in [2.24, 2.45) is 0 Å². The van der Waals surface area contributed by atoms with Gasteiger partial charge in [0.1, 0.15) is 12.1 Å². The van der Waals surface area contributed by atoms with Gasteiger partial charge in [-0.1, -0.05) is 24.3 Å². The summed E-state index contributed by atoms with van der Waals surface area (Å²) in [6, 6.07) is 14.1. The molecule has 0 aliphatic carbocycles. The molecule has 2 aromatic carbocycles. The van der Waals surface area contributed by atoms with Crippen LogP contribution in [0.3, 0.4) is 0 Å². The van der Waals surface area contributed by atoms with Gasteiger partial charge >= 0.3 is 0 Å². The van der Waals surface area contributed by atoms with Gasteiger partial charge in [-0.2, -0.15) is 5.26 Å². The monoisotopic (exact) mass is 281 g/mol. The van der Waals surface area contributed by atoms with E-state index < -0.39 is 0 Å². The first-order chi connectivity index (χ1) is 10.2. The zero-order chi connectivity index (χ0) is 15.1. The minimum atomic E-state index is -0.257. The molecule has 0 radical (unpaired) electrons. The zero-order valence-electron chi connectivity index (χ0n) is 11.7.